The van der Waals surface area contributed by atoms with E-state index in [2.05, 4.69) is 0 Å². The summed E-state index contributed by atoms with van der Waals surface area (Å²) in [6, 6.07) is -1.12. The van der Waals surface area contributed by atoms with Gasteiger partial charge < -0.3 is 50.7 Å². The van der Waals surface area contributed by atoms with Gasteiger partial charge in [-0.3, -0.25) is 29.3 Å². The molecule has 3 unspecified atom stereocenters. The molecule has 17 heteroatoms. The SMILES string of the molecule is O=C1C(CN(CCO)CCO)C2C(N1CN(CCO)CCO)N(CN(CCO)CCO)C(=O)N2CN(CCO)CCO. The van der Waals surface area contributed by atoms with Crippen LogP contribution >= 0.6 is 0 Å². The predicted molar refractivity (Wildman–Crippen MR) is 149 cm³/mol. The average molecular weight is 610 g/mol. The molecule has 246 valence electrons. The first-order valence-corrected chi connectivity index (χ1v) is 14.5. The number of carbonyl (C=O) groups is 2. The third-order valence-electron chi connectivity index (χ3n) is 7.65. The number of aliphatic hydroxyl groups excluding tert-OH is 8. The summed E-state index contributed by atoms with van der Waals surface area (Å²) in [5, 5.41) is 76.8. The molecule has 0 saturated carbocycles. The Hall–Kier alpha value is -1.74. The van der Waals surface area contributed by atoms with Gasteiger partial charge in [-0.25, -0.2) is 4.79 Å². The van der Waals surface area contributed by atoms with Gasteiger partial charge in [-0.05, 0) is 0 Å². The summed E-state index contributed by atoms with van der Waals surface area (Å²) in [4.78, 5) is 39.7. The molecule has 2 rings (SSSR count). The number of nitrogens with zero attached hydrogens (tertiary/aromatic N) is 7. The minimum atomic E-state index is -0.801. The van der Waals surface area contributed by atoms with E-state index in [4.69, 9.17) is 0 Å². The molecule has 0 aromatic heterocycles. The number of urea groups is 1. The molecule has 0 radical (unpaired) electrons. The zero-order valence-corrected chi connectivity index (χ0v) is 24.4. The maximum Gasteiger partial charge on any atom is 0.324 e. The molecule has 2 fully saturated rings. The normalized spacial score (nSPS) is 21.0. The fourth-order valence-corrected chi connectivity index (χ4v) is 5.77. The molecule has 0 aromatic carbocycles. The van der Waals surface area contributed by atoms with E-state index in [1.165, 1.54) is 14.7 Å². The van der Waals surface area contributed by atoms with Crippen molar-refractivity contribution in [3.8, 4) is 0 Å². The largest absolute Gasteiger partial charge is 0.395 e. The van der Waals surface area contributed by atoms with Crippen molar-refractivity contribution in [2.24, 2.45) is 5.92 Å². The van der Waals surface area contributed by atoms with E-state index in [1.54, 1.807) is 19.6 Å². The Bertz CT molecular complexity index is 646. The van der Waals surface area contributed by atoms with Gasteiger partial charge in [0.2, 0.25) is 5.91 Å². The van der Waals surface area contributed by atoms with Crippen molar-refractivity contribution < 1.29 is 50.4 Å². The van der Waals surface area contributed by atoms with Crippen LogP contribution in [0.3, 0.4) is 0 Å². The van der Waals surface area contributed by atoms with Crippen LogP contribution in [-0.2, 0) is 4.79 Å². The lowest BCUT2D eigenvalue weighted by molar-refractivity contribution is -0.137. The number of aliphatic hydroxyl groups is 8. The number of likely N-dealkylation sites (tertiary alicyclic amines) is 1. The molecule has 0 bridgehead atoms. The molecule has 0 aliphatic carbocycles. The van der Waals surface area contributed by atoms with E-state index in [0.29, 0.717) is 0 Å². The Morgan fingerprint density at radius 3 is 1.19 bits per heavy atom. The van der Waals surface area contributed by atoms with Crippen LogP contribution in [0.2, 0.25) is 0 Å². The van der Waals surface area contributed by atoms with Gasteiger partial charge in [0.25, 0.3) is 0 Å². The van der Waals surface area contributed by atoms with Crippen LogP contribution < -0.4 is 0 Å². The molecule has 2 aliphatic heterocycles. The van der Waals surface area contributed by atoms with E-state index in [0.717, 1.165) is 0 Å². The maximum absolute atomic E-state index is 14.2. The zero-order chi connectivity index (χ0) is 31.1. The molecule has 0 spiro atoms. The second kappa shape index (κ2) is 19.5. The average Bonchev–Trinajstić information content (AvgIpc) is 3.36. The number of carbonyl (C=O) groups excluding carboxylic acids is 2. The van der Waals surface area contributed by atoms with E-state index in [1.807, 2.05) is 0 Å². The van der Waals surface area contributed by atoms with Crippen LogP contribution in [0.25, 0.3) is 0 Å². The molecule has 2 saturated heterocycles. The number of hydrogen-bond acceptors (Lipinski definition) is 14. The van der Waals surface area contributed by atoms with E-state index in [-0.39, 0.29) is 138 Å². The van der Waals surface area contributed by atoms with Gasteiger partial charge in [-0.1, -0.05) is 0 Å². The minimum absolute atomic E-state index is 0.00618. The number of hydrogen-bond donors (Lipinski definition) is 8. The van der Waals surface area contributed by atoms with Crippen molar-refractivity contribution in [1.29, 1.82) is 0 Å². The van der Waals surface area contributed by atoms with Gasteiger partial charge in [-0.15, -0.1) is 0 Å². The summed E-state index contributed by atoms with van der Waals surface area (Å²) in [6.07, 6.45) is -0.801. The second-order valence-corrected chi connectivity index (χ2v) is 10.4. The molecular weight excluding hydrogens is 558 g/mol. The van der Waals surface area contributed by atoms with Crippen LogP contribution in [0.1, 0.15) is 0 Å². The third-order valence-corrected chi connectivity index (χ3v) is 7.65. The number of rotatable bonds is 24. The van der Waals surface area contributed by atoms with Crippen molar-refractivity contribution in [3.05, 3.63) is 0 Å². The Balaban J connectivity index is 2.60. The van der Waals surface area contributed by atoms with Gasteiger partial charge in [0.15, 0.2) is 0 Å². The fraction of sp³-hybridized carbons (Fsp3) is 0.920. The van der Waals surface area contributed by atoms with Gasteiger partial charge in [0.1, 0.15) is 6.17 Å². The quantitative estimate of drug-likeness (QED) is 0.0511. The van der Waals surface area contributed by atoms with Crippen molar-refractivity contribution in [3.63, 3.8) is 0 Å². The van der Waals surface area contributed by atoms with Gasteiger partial charge >= 0.3 is 6.03 Å². The Morgan fingerprint density at radius 2 is 0.810 bits per heavy atom. The number of fused-ring (bicyclic) bond motifs is 1. The first-order valence-electron chi connectivity index (χ1n) is 14.5. The van der Waals surface area contributed by atoms with E-state index >= 15 is 0 Å². The first-order chi connectivity index (χ1) is 20.3. The summed E-state index contributed by atoms with van der Waals surface area (Å²) in [5.41, 5.74) is 0. The summed E-state index contributed by atoms with van der Waals surface area (Å²) < 4.78 is 0. The standard InChI is InChI=1S/C25H51N7O10/c33-9-1-26(2-10-34)17-21-22-23(31(24(21)41)19-28(5-13-37)6-14-38)32(20-29(7-15-39)8-16-40)25(42)30(22)18-27(3-11-35)4-12-36/h21-23,33-40H,1-20H2. The van der Waals surface area contributed by atoms with E-state index in [9.17, 15) is 50.4 Å². The molecule has 0 aromatic rings. The second-order valence-electron chi connectivity index (χ2n) is 10.4. The summed E-state index contributed by atoms with van der Waals surface area (Å²) in [5.74, 6) is -1.07. The van der Waals surface area contributed by atoms with Crippen LogP contribution in [0.5, 0.6) is 0 Å². The molecule has 2 heterocycles. The van der Waals surface area contributed by atoms with Crippen LogP contribution in [-0.4, -0.2) is 231 Å². The molecule has 3 atom stereocenters. The highest BCUT2D eigenvalue weighted by molar-refractivity contribution is 5.88. The van der Waals surface area contributed by atoms with Gasteiger partial charge in [0.05, 0.1) is 84.8 Å². The molecule has 2 aliphatic rings. The lowest BCUT2D eigenvalue weighted by atomic mass is 10.00. The molecule has 8 N–H and O–H groups in total. The smallest absolute Gasteiger partial charge is 0.324 e. The summed E-state index contributed by atoms with van der Waals surface area (Å²) in [6.45, 7) is -0.140. The first kappa shape index (κ1) is 36.5. The molecular formula is C25H51N7O10. The van der Waals surface area contributed by atoms with Gasteiger partial charge in [-0.2, -0.15) is 0 Å². The predicted octanol–water partition coefficient (Wildman–Crippen LogP) is -6.10. The van der Waals surface area contributed by atoms with Crippen LogP contribution in [0.15, 0.2) is 0 Å². The van der Waals surface area contributed by atoms with Crippen molar-refractivity contribution in [2.45, 2.75) is 12.2 Å². The van der Waals surface area contributed by atoms with Crippen molar-refractivity contribution in [1.82, 2.24) is 34.3 Å². The summed E-state index contributed by atoms with van der Waals surface area (Å²) >= 11 is 0. The van der Waals surface area contributed by atoms with Crippen molar-refractivity contribution >= 4 is 11.9 Å². The topological polar surface area (TPSA) is 219 Å². The Labute approximate surface area is 246 Å². The highest BCUT2D eigenvalue weighted by Gasteiger charge is 2.60. The molecule has 42 heavy (non-hydrogen) atoms. The highest BCUT2D eigenvalue weighted by Crippen LogP contribution is 2.39. The third kappa shape index (κ3) is 9.63. The van der Waals surface area contributed by atoms with Crippen LogP contribution in [0.4, 0.5) is 4.79 Å². The van der Waals surface area contributed by atoms with Crippen LogP contribution in [0, 0.1) is 5.92 Å². The zero-order valence-electron chi connectivity index (χ0n) is 24.4. The summed E-state index contributed by atoms with van der Waals surface area (Å²) in [7, 11) is 0. The maximum atomic E-state index is 14.2. The lowest BCUT2D eigenvalue weighted by Gasteiger charge is -2.36. The minimum Gasteiger partial charge on any atom is -0.395 e. The monoisotopic (exact) mass is 609 g/mol. The molecule has 3 amide bonds. The number of amides is 3. The Kier molecular flexibility index (Phi) is 16.9. The highest BCUT2D eigenvalue weighted by atomic mass is 16.3. The van der Waals surface area contributed by atoms with Crippen molar-refractivity contribution in [2.75, 3.05) is 132 Å². The lowest BCUT2D eigenvalue weighted by Crippen LogP contribution is -2.54. The molecule has 17 nitrogen and oxygen atoms in total. The fourth-order valence-electron chi connectivity index (χ4n) is 5.77. The Morgan fingerprint density at radius 1 is 0.476 bits per heavy atom. The van der Waals surface area contributed by atoms with E-state index < -0.39 is 24.2 Å². The van der Waals surface area contributed by atoms with Gasteiger partial charge in [0, 0.05) is 58.9 Å².